The molecule has 0 radical (unpaired) electrons. The maximum absolute atomic E-state index is 13.9. The van der Waals surface area contributed by atoms with Gasteiger partial charge < -0.3 is 10.1 Å². The number of methoxy groups -OCH3 is 1. The van der Waals surface area contributed by atoms with Crippen molar-refractivity contribution in [1.29, 1.82) is 0 Å². The van der Waals surface area contributed by atoms with Gasteiger partial charge in [-0.1, -0.05) is 17.7 Å². The molecule has 0 aliphatic rings. The van der Waals surface area contributed by atoms with Crippen LogP contribution in [0.1, 0.15) is 0 Å². The molecular weight excluding hydrogens is 475 g/mol. The zero-order chi connectivity index (χ0) is 23.3. The first kappa shape index (κ1) is 23.9. The maximum Gasteiger partial charge on any atom is 0.264 e. The summed E-state index contributed by atoms with van der Waals surface area (Å²) in [5, 5.41) is 2.89. The highest BCUT2D eigenvalue weighted by Gasteiger charge is 2.27. The lowest BCUT2D eigenvalue weighted by Gasteiger charge is -2.24. The topological polar surface area (TPSA) is 75.7 Å². The number of thioether (sulfide) groups is 1. The van der Waals surface area contributed by atoms with Crippen LogP contribution in [0.25, 0.3) is 0 Å². The quantitative estimate of drug-likeness (QED) is 0.444. The molecule has 1 N–H and O–H groups in total. The van der Waals surface area contributed by atoms with Crippen molar-refractivity contribution in [3.63, 3.8) is 0 Å². The molecule has 0 atom stereocenters. The van der Waals surface area contributed by atoms with E-state index < -0.39 is 28.3 Å². The number of carbonyl (C=O) groups excluding carboxylic acids is 1. The number of hydrogen-bond acceptors (Lipinski definition) is 5. The normalized spacial score (nSPS) is 11.1. The fraction of sp³-hybridized carbons (Fsp3) is 0.136. The largest absolute Gasteiger partial charge is 0.495 e. The summed E-state index contributed by atoms with van der Waals surface area (Å²) in [6.45, 7) is -0.570. The summed E-state index contributed by atoms with van der Waals surface area (Å²) in [7, 11) is -2.69. The van der Waals surface area contributed by atoms with Gasteiger partial charge >= 0.3 is 0 Å². The van der Waals surface area contributed by atoms with Gasteiger partial charge in [0.05, 0.1) is 22.7 Å². The second-order valence-electron chi connectivity index (χ2n) is 6.56. The van der Waals surface area contributed by atoms with Gasteiger partial charge in [-0.15, -0.1) is 11.8 Å². The Labute approximate surface area is 195 Å². The van der Waals surface area contributed by atoms with E-state index in [0.29, 0.717) is 11.4 Å². The fourth-order valence-electron chi connectivity index (χ4n) is 2.90. The molecule has 0 aliphatic heterocycles. The Morgan fingerprint density at radius 2 is 1.84 bits per heavy atom. The molecule has 0 saturated carbocycles. The Morgan fingerprint density at radius 3 is 2.44 bits per heavy atom. The summed E-state index contributed by atoms with van der Waals surface area (Å²) in [5.74, 6) is -0.815. The van der Waals surface area contributed by atoms with Crippen LogP contribution in [0, 0.1) is 5.82 Å². The molecule has 3 aromatic carbocycles. The first-order chi connectivity index (χ1) is 15.2. The Hall–Kier alpha value is -2.75. The lowest BCUT2D eigenvalue weighted by atomic mass is 10.3. The predicted molar refractivity (Wildman–Crippen MR) is 126 cm³/mol. The molecule has 0 bridgehead atoms. The predicted octanol–water partition coefficient (Wildman–Crippen LogP) is 5.04. The Kier molecular flexibility index (Phi) is 7.65. The van der Waals surface area contributed by atoms with Crippen molar-refractivity contribution in [2.75, 3.05) is 29.5 Å². The molecule has 0 saturated heterocycles. The van der Waals surface area contributed by atoms with Crippen LogP contribution >= 0.6 is 23.4 Å². The Bertz CT molecular complexity index is 1220. The van der Waals surface area contributed by atoms with Gasteiger partial charge in [-0.05, 0) is 66.9 Å². The number of sulfonamides is 1. The highest BCUT2D eigenvalue weighted by atomic mass is 35.5. The zero-order valence-electron chi connectivity index (χ0n) is 17.2. The molecule has 0 heterocycles. The van der Waals surface area contributed by atoms with Crippen LogP contribution in [0.4, 0.5) is 15.8 Å². The number of benzene rings is 3. The van der Waals surface area contributed by atoms with Crippen LogP contribution in [0.15, 0.2) is 76.5 Å². The molecule has 0 unspecified atom stereocenters. The highest BCUT2D eigenvalue weighted by molar-refractivity contribution is 7.98. The lowest BCUT2D eigenvalue weighted by molar-refractivity contribution is -0.114. The number of anilines is 2. The van der Waals surface area contributed by atoms with Crippen molar-refractivity contribution in [2.24, 2.45) is 0 Å². The van der Waals surface area contributed by atoms with E-state index in [-0.39, 0.29) is 15.6 Å². The second-order valence-corrected chi connectivity index (χ2v) is 9.71. The molecule has 1 amide bonds. The molecular formula is C22H20ClFN2O4S2. The number of hydrogen-bond donors (Lipinski definition) is 1. The first-order valence-corrected chi connectivity index (χ1v) is 12.3. The van der Waals surface area contributed by atoms with Crippen LogP contribution in [0.3, 0.4) is 0 Å². The summed E-state index contributed by atoms with van der Waals surface area (Å²) in [6.07, 6.45) is 1.87. The number of ether oxygens (including phenoxy) is 1. The van der Waals surface area contributed by atoms with Crippen molar-refractivity contribution in [1.82, 2.24) is 0 Å². The SMILES string of the molecule is COc1ccc(NC(=O)CN(c2cccc(F)c2)S(=O)(=O)c2ccc(SC)cc2)cc1Cl. The third-order valence-electron chi connectivity index (χ3n) is 4.47. The average Bonchev–Trinajstić information content (AvgIpc) is 2.77. The lowest BCUT2D eigenvalue weighted by Crippen LogP contribution is -2.38. The van der Waals surface area contributed by atoms with Gasteiger partial charge in [0, 0.05) is 10.6 Å². The van der Waals surface area contributed by atoms with Gasteiger partial charge in [0.2, 0.25) is 5.91 Å². The van der Waals surface area contributed by atoms with E-state index in [2.05, 4.69) is 5.32 Å². The summed E-state index contributed by atoms with van der Waals surface area (Å²) in [6, 6.07) is 15.9. The first-order valence-electron chi connectivity index (χ1n) is 9.30. The standard InChI is InChI=1S/C22H20ClFN2O4S2/c1-30-21-11-6-16(13-20(21)23)25-22(27)14-26(17-5-3-4-15(24)12-17)32(28,29)19-9-7-18(31-2)8-10-19/h3-13H,14H2,1-2H3,(H,25,27). The maximum atomic E-state index is 13.9. The van der Waals surface area contributed by atoms with Crippen LogP contribution in [-0.4, -0.2) is 34.2 Å². The van der Waals surface area contributed by atoms with Gasteiger partial charge in [-0.3, -0.25) is 9.10 Å². The molecule has 0 aliphatic carbocycles. The van der Waals surface area contributed by atoms with Crippen molar-refractivity contribution in [2.45, 2.75) is 9.79 Å². The molecule has 0 aromatic heterocycles. The van der Waals surface area contributed by atoms with Gasteiger partial charge in [0.25, 0.3) is 10.0 Å². The van der Waals surface area contributed by atoms with E-state index in [4.69, 9.17) is 16.3 Å². The number of rotatable bonds is 8. The number of halogens is 2. The number of amides is 1. The number of nitrogens with one attached hydrogen (secondary N) is 1. The van der Waals surface area contributed by atoms with E-state index in [1.807, 2.05) is 6.26 Å². The monoisotopic (exact) mass is 494 g/mol. The van der Waals surface area contributed by atoms with Crippen LogP contribution < -0.4 is 14.4 Å². The summed E-state index contributed by atoms with van der Waals surface area (Å²) in [4.78, 5) is 13.6. The summed E-state index contributed by atoms with van der Waals surface area (Å²) >= 11 is 7.55. The third kappa shape index (κ3) is 5.53. The second kappa shape index (κ2) is 10.2. The molecule has 168 valence electrons. The summed E-state index contributed by atoms with van der Waals surface area (Å²) < 4.78 is 46.5. The molecule has 0 spiro atoms. The number of carbonyl (C=O) groups is 1. The minimum Gasteiger partial charge on any atom is -0.495 e. The minimum atomic E-state index is -4.15. The molecule has 0 fully saturated rings. The average molecular weight is 495 g/mol. The van der Waals surface area contributed by atoms with Crippen molar-refractivity contribution in [3.05, 3.63) is 77.6 Å². The Morgan fingerprint density at radius 1 is 1.12 bits per heavy atom. The smallest absolute Gasteiger partial charge is 0.264 e. The van der Waals surface area contributed by atoms with E-state index in [1.165, 1.54) is 55.3 Å². The van der Waals surface area contributed by atoms with Gasteiger partial charge in [0.1, 0.15) is 18.1 Å². The van der Waals surface area contributed by atoms with E-state index in [9.17, 15) is 17.6 Å². The van der Waals surface area contributed by atoms with Crippen molar-refractivity contribution >= 4 is 50.7 Å². The molecule has 3 rings (SSSR count). The summed E-state index contributed by atoms with van der Waals surface area (Å²) in [5.41, 5.74) is 0.392. The van der Waals surface area contributed by atoms with Crippen LogP contribution in [0.2, 0.25) is 5.02 Å². The third-order valence-corrected chi connectivity index (χ3v) is 7.29. The molecule has 3 aromatic rings. The van der Waals surface area contributed by atoms with Crippen LogP contribution in [-0.2, 0) is 14.8 Å². The van der Waals surface area contributed by atoms with Gasteiger partial charge in [0.15, 0.2) is 0 Å². The van der Waals surface area contributed by atoms with E-state index in [0.717, 1.165) is 15.3 Å². The van der Waals surface area contributed by atoms with Crippen LogP contribution in [0.5, 0.6) is 5.75 Å². The molecule has 32 heavy (non-hydrogen) atoms. The van der Waals surface area contributed by atoms with Crippen molar-refractivity contribution < 1.29 is 22.3 Å². The van der Waals surface area contributed by atoms with Gasteiger partial charge in [-0.25, -0.2) is 12.8 Å². The Balaban J connectivity index is 1.92. The van der Waals surface area contributed by atoms with Crippen molar-refractivity contribution in [3.8, 4) is 5.75 Å². The zero-order valence-corrected chi connectivity index (χ0v) is 19.6. The molecule has 10 heteroatoms. The number of nitrogens with zero attached hydrogens (tertiary/aromatic N) is 1. The molecule has 6 nitrogen and oxygen atoms in total. The van der Waals surface area contributed by atoms with E-state index in [1.54, 1.807) is 24.3 Å². The minimum absolute atomic E-state index is 0.0140. The van der Waals surface area contributed by atoms with Gasteiger partial charge in [-0.2, -0.15) is 0 Å². The fourth-order valence-corrected chi connectivity index (χ4v) is 4.98. The highest BCUT2D eigenvalue weighted by Crippen LogP contribution is 2.28. The van der Waals surface area contributed by atoms with E-state index >= 15 is 0 Å².